The maximum Gasteiger partial charge on any atom is 0.418 e. The van der Waals surface area contributed by atoms with Crippen LogP contribution in [0.15, 0.2) is 47.6 Å². The fourth-order valence-electron chi connectivity index (χ4n) is 3.03. The number of benzene rings is 1. The van der Waals surface area contributed by atoms with Gasteiger partial charge in [-0.2, -0.15) is 28.2 Å². The van der Waals surface area contributed by atoms with Gasteiger partial charge in [0.1, 0.15) is 24.5 Å². The van der Waals surface area contributed by atoms with Gasteiger partial charge in [0, 0.05) is 16.1 Å². The summed E-state index contributed by atoms with van der Waals surface area (Å²) >= 11 is 3.13. The second-order valence-electron chi connectivity index (χ2n) is 6.48. The molecule has 0 spiro atoms. The molecule has 0 saturated heterocycles. The second-order valence-corrected chi connectivity index (χ2v) is 7.40. The molecule has 8 nitrogen and oxygen atoms in total. The number of halogens is 4. The Morgan fingerprint density at radius 3 is 2.61 bits per heavy atom. The molecule has 0 saturated carbocycles. The van der Waals surface area contributed by atoms with E-state index in [1.807, 2.05) is 6.07 Å². The van der Waals surface area contributed by atoms with Crippen molar-refractivity contribution in [2.24, 2.45) is 0 Å². The van der Waals surface area contributed by atoms with Crippen LogP contribution < -0.4 is 5.32 Å². The van der Waals surface area contributed by atoms with Gasteiger partial charge < -0.3 is 5.32 Å². The number of nitrogens with one attached hydrogen (secondary N) is 1. The third-order valence-electron chi connectivity index (χ3n) is 4.42. The number of alkyl halides is 3. The number of nitriles is 1. The zero-order valence-corrected chi connectivity index (χ0v) is 17.3. The van der Waals surface area contributed by atoms with Crippen LogP contribution in [-0.4, -0.2) is 29.7 Å². The van der Waals surface area contributed by atoms with Gasteiger partial charge in [-0.1, -0.05) is 15.9 Å². The standard InChI is InChI=1S/C19H12BrF3N8/c1-10(18-28-9-29-31(18)15-3-2-11(6-24)7-25-15)30-17-13-4-12(20)5-14(19(21,22)23)16(13)26-8-27-17/h2-5,7-10H,1H3,(H,26,27,30). The summed E-state index contributed by atoms with van der Waals surface area (Å²) in [7, 11) is 0. The molecule has 0 aliphatic rings. The van der Waals surface area contributed by atoms with Crippen LogP contribution in [-0.2, 0) is 6.18 Å². The van der Waals surface area contributed by atoms with Gasteiger partial charge in [0.05, 0.1) is 22.7 Å². The molecule has 3 heterocycles. The molecule has 0 fully saturated rings. The maximum atomic E-state index is 13.5. The van der Waals surface area contributed by atoms with Crippen molar-refractivity contribution in [3.05, 3.63) is 64.5 Å². The molecule has 0 radical (unpaired) electrons. The first-order valence-corrected chi connectivity index (χ1v) is 9.61. The van der Waals surface area contributed by atoms with Crippen molar-refractivity contribution in [3.63, 3.8) is 0 Å². The Morgan fingerprint density at radius 2 is 1.94 bits per heavy atom. The molecule has 4 aromatic rings. The molecule has 0 aliphatic heterocycles. The first kappa shape index (κ1) is 20.7. The molecule has 31 heavy (non-hydrogen) atoms. The predicted molar refractivity (Wildman–Crippen MR) is 108 cm³/mol. The van der Waals surface area contributed by atoms with Crippen molar-refractivity contribution in [2.75, 3.05) is 5.32 Å². The number of hydrogen-bond donors (Lipinski definition) is 1. The molecule has 3 aromatic heterocycles. The number of fused-ring (bicyclic) bond motifs is 1. The smallest absolute Gasteiger partial charge is 0.360 e. The van der Waals surface area contributed by atoms with E-state index in [0.29, 0.717) is 17.2 Å². The minimum absolute atomic E-state index is 0.207. The second kappa shape index (κ2) is 7.92. The third-order valence-corrected chi connectivity index (χ3v) is 4.88. The molecule has 0 amide bonds. The Hall–Kier alpha value is -3.59. The summed E-state index contributed by atoms with van der Waals surface area (Å²) in [4.78, 5) is 16.4. The summed E-state index contributed by atoms with van der Waals surface area (Å²) in [5.74, 6) is 1.11. The van der Waals surface area contributed by atoms with Crippen molar-refractivity contribution in [2.45, 2.75) is 19.1 Å². The largest absolute Gasteiger partial charge is 0.418 e. The van der Waals surface area contributed by atoms with Crippen LogP contribution in [0.4, 0.5) is 19.0 Å². The van der Waals surface area contributed by atoms with Crippen LogP contribution in [0.25, 0.3) is 16.7 Å². The molecule has 0 aliphatic carbocycles. The topological polar surface area (TPSA) is 105 Å². The maximum absolute atomic E-state index is 13.5. The van der Waals surface area contributed by atoms with E-state index < -0.39 is 17.8 Å². The van der Waals surface area contributed by atoms with E-state index in [4.69, 9.17) is 5.26 Å². The monoisotopic (exact) mass is 488 g/mol. The number of rotatable bonds is 4. The van der Waals surface area contributed by atoms with Crippen LogP contribution >= 0.6 is 15.9 Å². The van der Waals surface area contributed by atoms with E-state index in [9.17, 15) is 13.2 Å². The van der Waals surface area contributed by atoms with Gasteiger partial charge in [0.2, 0.25) is 0 Å². The summed E-state index contributed by atoms with van der Waals surface area (Å²) in [6.45, 7) is 1.76. The van der Waals surface area contributed by atoms with Crippen molar-refractivity contribution >= 4 is 32.7 Å². The predicted octanol–water partition coefficient (Wildman–Crippen LogP) is 4.43. The quantitative estimate of drug-likeness (QED) is 0.452. The highest BCUT2D eigenvalue weighted by atomic mass is 79.9. The lowest BCUT2D eigenvalue weighted by molar-refractivity contribution is -0.136. The van der Waals surface area contributed by atoms with Crippen LogP contribution in [0, 0.1) is 11.3 Å². The highest BCUT2D eigenvalue weighted by molar-refractivity contribution is 9.10. The summed E-state index contributed by atoms with van der Waals surface area (Å²) in [5.41, 5.74) is -0.675. The summed E-state index contributed by atoms with van der Waals surface area (Å²) in [6, 6.07) is 7.21. The Kier molecular flexibility index (Phi) is 5.28. The van der Waals surface area contributed by atoms with Gasteiger partial charge in [-0.15, -0.1) is 0 Å². The summed E-state index contributed by atoms with van der Waals surface area (Å²) < 4.78 is 42.1. The van der Waals surface area contributed by atoms with E-state index in [-0.39, 0.29) is 21.2 Å². The van der Waals surface area contributed by atoms with Crippen LogP contribution in [0.5, 0.6) is 0 Å². The summed E-state index contributed by atoms with van der Waals surface area (Å²) in [5, 5.41) is 16.4. The lowest BCUT2D eigenvalue weighted by atomic mass is 10.1. The Labute approximate surface area is 181 Å². The lowest BCUT2D eigenvalue weighted by Gasteiger charge is -2.17. The molecule has 0 bridgehead atoms. The molecule has 1 unspecified atom stereocenters. The number of nitrogens with zero attached hydrogens (tertiary/aromatic N) is 7. The Morgan fingerprint density at radius 1 is 1.13 bits per heavy atom. The SMILES string of the molecule is CC(Nc1ncnc2c(C(F)(F)F)cc(Br)cc12)c1ncnn1-c1ccc(C#N)cn1. The Bertz CT molecular complexity index is 1290. The van der Waals surface area contributed by atoms with Crippen molar-refractivity contribution < 1.29 is 13.2 Å². The molecule has 4 rings (SSSR count). The van der Waals surface area contributed by atoms with E-state index in [2.05, 4.69) is 46.3 Å². The molecular weight excluding hydrogens is 477 g/mol. The highest BCUT2D eigenvalue weighted by Crippen LogP contribution is 2.38. The minimum atomic E-state index is -4.57. The van der Waals surface area contributed by atoms with Gasteiger partial charge in [0.15, 0.2) is 11.6 Å². The van der Waals surface area contributed by atoms with E-state index >= 15 is 0 Å². The number of anilines is 1. The van der Waals surface area contributed by atoms with Crippen molar-refractivity contribution in [1.82, 2.24) is 29.7 Å². The zero-order valence-electron chi connectivity index (χ0n) is 15.8. The zero-order chi connectivity index (χ0) is 22.2. The molecule has 12 heteroatoms. The lowest BCUT2D eigenvalue weighted by Crippen LogP contribution is -2.16. The fourth-order valence-corrected chi connectivity index (χ4v) is 3.49. The highest BCUT2D eigenvalue weighted by Gasteiger charge is 2.34. The Balaban J connectivity index is 1.72. The first-order valence-electron chi connectivity index (χ1n) is 8.82. The molecular formula is C19H12BrF3N8. The number of aromatic nitrogens is 6. The average molecular weight is 489 g/mol. The van der Waals surface area contributed by atoms with E-state index in [0.717, 1.165) is 12.4 Å². The molecule has 1 N–H and O–H groups in total. The number of pyridine rings is 1. The van der Waals surface area contributed by atoms with Crippen molar-refractivity contribution in [1.29, 1.82) is 5.26 Å². The van der Waals surface area contributed by atoms with Crippen LogP contribution in [0.2, 0.25) is 0 Å². The van der Waals surface area contributed by atoms with Gasteiger partial charge in [0.25, 0.3) is 0 Å². The first-order chi connectivity index (χ1) is 14.8. The molecule has 1 atom stereocenters. The number of hydrogen-bond acceptors (Lipinski definition) is 7. The van der Waals surface area contributed by atoms with E-state index in [1.165, 1.54) is 23.3 Å². The van der Waals surface area contributed by atoms with Gasteiger partial charge in [-0.3, -0.25) is 0 Å². The minimum Gasteiger partial charge on any atom is -0.360 e. The van der Waals surface area contributed by atoms with Crippen LogP contribution in [0.3, 0.4) is 0 Å². The van der Waals surface area contributed by atoms with Gasteiger partial charge in [-0.25, -0.2) is 19.9 Å². The van der Waals surface area contributed by atoms with E-state index in [1.54, 1.807) is 19.1 Å². The van der Waals surface area contributed by atoms with Gasteiger partial charge >= 0.3 is 6.18 Å². The van der Waals surface area contributed by atoms with Crippen molar-refractivity contribution in [3.8, 4) is 11.9 Å². The normalized spacial score (nSPS) is 12.5. The summed E-state index contributed by atoms with van der Waals surface area (Å²) in [6.07, 6.45) is -0.745. The average Bonchev–Trinajstić information content (AvgIpc) is 3.23. The third kappa shape index (κ3) is 4.04. The fraction of sp³-hybridized carbons (Fsp3) is 0.158. The van der Waals surface area contributed by atoms with Gasteiger partial charge in [-0.05, 0) is 31.2 Å². The molecule has 156 valence electrons. The van der Waals surface area contributed by atoms with Crippen LogP contribution in [0.1, 0.15) is 29.9 Å². The molecule has 1 aromatic carbocycles.